The Hall–Kier alpha value is -2.81. The van der Waals surface area contributed by atoms with Crippen LogP contribution in [0.2, 0.25) is 0 Å². The van der Waals surface area contributed by atoms with E-state index in [1.54, 1.807) is 11.3 Å². The molecule has 0 saturated heterocycles. The Morgan fingerprint density at radius 2 is 1.83 bits per heavy atom. The van der Waals surface area contributed by atoms with E-state index in [2.05, 4.69) is 21.6 Å². The topological polar surface area (TPSA) is 88.2 Å². The molecule has 3 aromatic rings. The van der Waals surface area contributed by atoms with Crippen molar-refractivity contribution < 1.29 is 13.2 Å². The Labute approximate surface area is 180 Å². The molecule has 0 spiro atoms. The number of amides is 1. The van der Waals surface area contributed by atoms with Gasteiger partial charge in [0.2, 0.25) is 10.0 Å². The van der Waals surface area contributed by atoms with Gasteiger partial charge in [-0.15, -0.1) is 17.9 Å². The Balaban J connectivity index is 1.52. The lowest BCUT2D eigenvalue weighted by atomic mass is 10.1. The molecule has 0 atom stereocenters. The minimum absolute atomic E-state index is 0.108. The molecule has 0 bridgehead atoms. The zero-order valence-electron chi connectivity index (χ0n) is 16.6. The van der Waals surface area contributed by atoms with E-state index in [9.17, 15) is 13.2 Å². The lowest BCUT2D eigenvalue weighted by Gasteiger charge is -2.08. The predicted molar refractivity (Wildman–Crippen MR) is 120 cm³/mol. The fraction of sp³-hybridized carbons (Fsp3) is 0.182. The van der Waals surface area contributed by atoms with Crippen LogP contribution in [0.25, 0.3) is 11.3 Å². The molecule has 1 aromatic heterocycles. The molecule has 8 heteroatoms. The molecule has 0 aliphatic carbocycles. The van der Waals surface area contributed by atoms with E-state index in [0.717, 1.165) is 21.8 Å². The molecule has 0 aliphatic rings. The predicted octanol–water partition coefficient (Wildman–Crippen LogP) is 3.56. The quantitative estimate of drug-likeness (QED) is 0.497. The Kier molecular flexibility index (Phi) is 7.15. The first-order valence-corrected chi connectivity index (χ1v) is 11.8. The number of thiazole rings is 1. The summed E-state index contributed by atoms with van der Waals surface area (Å²) in [4.78, 5) is 16.9. The third-order valence-corrected chi connectivity index (χ3v) is 6.63. The second kappa shape index (κ2) is 9.80. The van der Waals surface area contributed by atoms with Crippen LogP contribution in [0.4, 0.5) is 0 Å². The third kappa shape index (κ3) is 5.63. The first-order valence-electron chi connectivity index (χ1n) is 9.39. The highest BCUT2D eigenvalue weighted by molar-refractivity contribution is 7.89. The van der Waals surface area contributed by atoms with E-state index in [4.69, 9.17) is 0 Å². The van der Waals surface area contributed by atoms with Crippen molar-refractivity contribution in [2.24, 2.45) is 0 Å². The minimum atomic E-state index is -3.60. The summed E-state index contributed by atoms with van der Waals surface area (Å²) in [6.07, 6.45) is 2.16. The molecule has 6 nitrogen and oxygen atoms in total. The Morgan fingerprint density at radius 1 is 1.13 bits per heavy atom. The van der Waals surface area contributed by atoms with Gasteiger partial charge in [0.25, 0.3) is 5.91 Å². The Morgan fingerprint density at radius 3 is 2.43 bits per heavy atom. The molecule has 1 heterocycles. The number of carbonyl (C=O) groups is 1. The van der Waals surface area contributed by atoms with Crippen molar-refractivity contribution in [2.75, 3.05) is 13.1 Å². The highest BCUT2D eigenvalue weighted by Gasteiger charge is 2.13. The summed E-state index contributed by atoms with van der Waals surface area (Å²) in [5.74, 6) is -0.243. The van der Waals surface area contributed by atoms with E-state index in [-0.39, 0.29) is 17.3 Å². The van der Waals surface area contributed by atoms with Crippen LogP contribution in [0.5, 0.6) is 0 Å². The van der Waals surface area contributed by atoms with E-state index >= 15 is 0 Å². The van der Waals surface area contributed by atoms with Crippen molar-refractivity contribution in [3.05, 3.63) is 82.7 Å². The molecule has 30 heavy (non-hydrogen) atoms. The number of aromatic nitrogens is 1. The maximum Gasteiger partial charge on any atom is 0.251 e. The highest BCUT2D eigenvalue weighted by Crippen LogP contribution is 2.21. The smallest absolute Gasteiger partial charge is 0.251 e. The van der Waals surface area contributed by atoms with Gasteiger partial charge in [0.15, 0.2) is 0 Å². The van der Waals surface area contributed by atoms with Crippen molar-refractivity contribution in [1.29, 1.82) is 0 Å². The molecular weight excluding hydrogens is 418 g/mol. The maximum atomic E-state index is 12.3. The van der Waals surface area contributed by atoms with Crippen LogP contribution in [0, 0.1) is 6.92 Å². The van der Waals surface area contributed by atoms with Crippen LogP contribution in [-0.4, -0.2) is 32.4 Å². The number of aryl methyl sites for hydroxylation is 1. The molecule has 0 aliphatic heterocycles. The van der Waals surface area contributed by atoms with Gasteiger partial charge in [0, 0.05) is 29.6 Å². The standard InChI is InChI=1S/C22H23N3O3S2/c1-3-13-24-30(27,28)20-10-8-19(9-11-20)22(26)23-14-12-17-4-6-18(7-5-17)21-15-29-16(2)25-21/h3-11,15,24H,1,12-14H2,2H3,(H,23,26). The molecule has 0 saturated carbocycles. The van der Waals surface area contributed by atoms with Crippen LogP contribution < -0.4 is 10.0 Å². The maximum absolute atomic E-state index is 12.3. The Bertz CT molecular complexity index is 1120. The number of sulfonamides is 1. The van der Waals surface area contributed by atoms with Gasteiger partial charge >= 0.3 is 0 Å². The van der Waals surface area contributed by atoms with Crippen molar-refractivity contribution in [3.8, 4) is 11.3 Å². The number of hydrogen-bond donors (Lipinski definition) is 2. The van der Waals surface area contributed by atoms with Gasteiger partial charge < -0.3 is 5.32 Å². The molecule has 0 fully saturated rings. The lowest BCUT2D eigenvalue weighted by molar-refractivity contribution is 0.0954. The first-order chi connectivity index (χ1) is 14.4. The van der Waals surface area contributed by atoms with Crippen LogP contribution in [0.15, 0.2) is 71.5 Å². The fourth-order valence-electron chi connectivity index (χ4n) is 2.80. The molecule has 2 aromatic carbocycles. The van der Waals surface area contributed by atoms with E-state index < -0.39 is 10.0 Å². The van der Waals surface area contributed by atoms with Crippen molar-refractivity contribution in [3.63, 3.8) is 0 Å². The zero-order chi connectivity index (χ0) is 21.6. The molecular formula is C22H23N3O3S2. The number of nitrogens with zero attached hydrogens (tertiary/aromatic N) is 1. The average molecular weight is 442 g/mol. The fourth-order valence-corrected chi connectivity index (χ4v) is 4.42. The SMILES string of the molecule is C=CCNS(=O)(=O)c1ccc(C(=O)NCCc2ccc(-c3csc(C)n3)cc2)cc1. The summed E-state index contributed by atoms with van der Waals surface area (Å²) in [5.41, 5.74) is 3.57. The van der Waals surface area contributed by atoms with Crippen LogP contribution in [0.3, 0.4) is 0 Å². The van der Waals surface area contributed by atoms with Gasteiger partial charge in [-0.1, -0.05) is 30.3 Å². The number of nitrogens with one attached hydrogen (secondary N) is 2. The van der Waals surface area contributed by atoms with Gasteiger partial charge in [0.1, 0.15) is 0 Å². The summed E-state index contributed by atoms with van der Waals surface area (Å²) < 4.78 is 26.5. The van der Waals surface area contributed by atoms with Crippen LogP contribution >= 0.6 is 11.3 Å². The molecule has 0 radical (unpaired) electrons. The summed E-state index contributed by atoms with van der Waals surface area (Å²) >= 11 is 1.62. The largest absolute Gasteiger partial charge is 0.352 e. The molecule has 3 rings (SSSR count). The van der Waals surface area contributed by atoms with Crippen molar-refractivity contribution >= 4 is 27.3 Å². The number of hydrogen-bond acceptors (Lipinski definition) is 5. The lowest BCUT2D eigenvalue weighted by Crippen LogP contribution is -2.26. The average Bonchev–Trinajstić information content (AvgIpc) is 3.19. The van der Waals surface area contributed by atoms with Crippen LogP contribution in [-0.2, 0) is 16.4 Å². The monoisotopic (exact) mass is 441 g/mol. The zero-order valence-corrected chi connectivity index (χ0v) is 18.2. The van der Waals surface area contributed by atoms with Gasteiger partial charge in [-0.2, -0.15) is 0 Å². The summed E-state index contributed by atoms with van der Waals surface area (Å²) in [7, 11) is -3.60. The molecule has 1 amide bonds. The first kappa shape index (κ1) is 21.9. The summed E-state index contributed by atoms with van der Waals surface area (Å²) in [5, 5.41) is 5.94. The second-order valence-electron chi connectivity index (χ2n) is 6.62. The van der Waals surface area contributed by atoms with Gasteiger partial charge in [-0.25, -0.2) is 18.1 Å². The van der Waals surface area contributed by atoms with Crippen molar-refractivity contribution in [1.82, 2.24) is 15.0 Å². The molecule has 2 N–H and O–H groups in total. The number of benzene rings is 2. The third-order valence-electron chi connectivity index (χ3n) is 4.41. The normalized spacial score (nSPS) is 11.2. The van der Waals surface area contributed by atoms with E-state index in [0.29, 0.717) is 18.5 Å². The summed E-state index contributed by atoms with van der Waals surface area (Å²) in [6, 6.07) is 14.0. The number of carbonyl (C=O) groups excluding carboxylic acids is 1. The van der Waals surface area contributed by atoms with Gasteiger partial charge in [-0.05, 0) is 43.2 Å². The van der Waals surface area contributed by atoms with Gasteiger partial charge in [0.05, 0.1) is 15.6 Å². The molecule has 0 unspecified atom stereocenters. The van der Waals surface area contributed by atoms with Crippen molar-refractivity contribution in [2.45, 2.75) is 18.2 Å². The highest BCUT2D eigenvalue weighted by atomic mass is 32.2. The van der Waals surface area contributed by atoms with Gasteiger partial charge in [-0.3, -0.25) is 4.79 Å². The number of rotatable bonds is 9. The summed E-state index contributed by atoms with van der Waals surface area (Å²) in [6.45, 7) is 6.09. The van der Waals surface area contributed by atoms with E-state index in [1.165, 1.54) is 30.3 Å². The van der Waals surface area contributed by atoms with E-state index in [1.807, 2.05) is 36.6 Å². The second-order valence-corrected chi connectivity index (χ2v) is 9.45. The molecule has 156 valence electrons. The van der Waals surface area contributed by atoms with Crippen LogP contribution in [0.1, 0.15) is 20.9 Å². The minimum Gasteiger partial charge on any atom is -0.352 e.